The van der Waals surface area contributed by atoms with Crippen LogP contribution in [0.5, 0.6) is 11.6 Å². The molecule has 1 N–H and O–H groups in total. The number of aromatic nitrogens is 4. The van der Waals surface area contributed by atoms with Gasteiger partial charge in [0.2, 0.25) is 15.9 Å². The fraction of sp³-hybridized carbons (Fsp3) is 0.267. The number of nitrogens with zero attached hydrogens (tertiary/aromatic N) is 4. The highest BCUT2D eigenvalue weighted by molar-refractivity contribution is 7.89. The second-order valence-corrected chi connectivity index (χ2v) is 7.22. The third-order valence-electron chi connectivity index (χ3n) is 3.41. The molecule has 0 fully saturated rings. The summed E-state index contributed by atoms with van der Waals surface area (Å²) in [6.45, 7) is 1.62. The average Bonchev–Trinajstić information content (AvgIpc) is 2.98. The van der Waals surface area contributed by atoms with Crippen LogP contribution in [0.2, 0.25) is 0 Å². The summed E-state index contributed by atoms with van der Waals surface area (Å²) in [4.78, 5) is -0.207. The molecule has 13 heteroatoms. The third-order valence-corrected chi connectivity index (χ3v) is 4.88. The summed E-state index contributed by atoms with van der Waals surface area (Å²) in [5, 5.41) is 11.9. The van der Waals surface area contributed by atoms with Crippen LogP contribution in [0.1, 0.15) is 5.82 Å². The van der Waals surface area contributed by atoms with Gasteiger partial charge >= 0.3 is 6.36 Å². The molecule has 3 aromatic rings. The van der Waals surface area contributed by atoms with Gasteiger partial charge in [0.15, 0.2) is 11.5 Å². The van der Waals surface area contributed by atoms with Gasteiger partial charge in [0, 0.05) is 12.6 Å². The molecule has 0 saturated carbocycles. The van der Waals surface area contributed by atoms with Gasteiger partial charge in [-0.1, -0.05) is 0 Å². The zero-order valence-electron chi connectivity index (χ0n) is 14.3. The van der Waals surface area contributed by atoms with Crippen LogP contribution in [0.4, 0.5) is 13.2 Å². The number of fused-ring (bicyclic) bond motifs is 1. The lowest BCUT2D eigenvalue weighted by Gasteiger charge is -2.10. The molecule has 150 valence electrons. The van der Waals surface area contributed by atoms with E-state index in [-0.39, 0.29) is 23.9 Å². The summed E-state index contributed by atoms with van der Waals surface area (Å²) in [7, 11) is -3.92. The van der Waals surface area contributed by atoms with Crippen LogP contribution in [0.15, 0.2) is 41.3 Å². The van der Waals surface area contributed by atoms with Gasteiger partial charge in [0.1, 0.15) is 12.4 Å². The monoisotopic (exact) mass is 417 g/mol. The Hall–Kier alpha value is -2.93. The molecule has 0 radical (unpaired) electrons. The Bertz CT molecular complexity index is 1070. The fourth-order valence-corrected chi connectivity index (χ4v) is 3.20. The molecule has 9 nitrogen and oxygen atoms in total. The van der Waals surface area contributed by atoms with Gasteiger partial charge in [-0.25, -0.2) is 13.1 Å². The second-order valence-electron chi connectivity index (χ2n) is 5.45. The van der Waals surface area contributed by atoms with E-state index in [0.717, 1.165) is 24.3 Å². The number of alkyl halides is 3. The number of benzene rings is 1. The van der Waals surface area contributed by atoms with Crippen molar-refractivity contribution < 1.29 is 31.1 Å². The Morgan fingerprint density at radius 2 is 1.82 bits per heavy atom. The van der Waals surface area contributed by atoms with Crippen molar-refractivity contribution in [3.63, 3.8) is 0 Å². The van der Waals surface area contributed by atoms with Gasteiger partial charge < -0.3 is 9.47 Å². The van der Waals surface area contributed by atoms with E-state index in [0.29, 0.717) is 11.5 Å². The van der Waals surface area contributed by atoms with Crippen LogP contribution in [0, 0.1) is 6.92 Å². The maximum absolute atomic E-state index is 12.2. The van der Waals surface area contributed by atoms with Crippen molar-refractivity contribution in [1.29, 1.82) is 0 Å². The van der Waals surface area contributed by atoms with E-state index >= 15 is 0 Å². The zero-order valence-corrected chi connectivity index (χ0v) is 15.2. The molecule has 0 aliphatic heterocycles. The van der Waals surface area contributed by atoms with Crippen molar-refractivity contribution in [2.24, 2.45) is 0 Å². The molecule has 0 amide bonds. The van der Waals surface area contributed by atoms with Gasteiger partial charge in [-0.2, -0.15) is 4.52 Å². The number of sulfonamides is 1. The molecular formula is C15H14F3N5O4S. The molecule has 0 spiro atoms. The standard InChI is InChI=1S/C15H14F3N5O4S/c1-10-20-21-13-6-7-14(22-23(10)13)26-9-8-19-28(24,25)12-4-2-11(3-5-12)27-15(16,17)18/h2-7,19H,8-9H2,1H3. The molecule has 0 atom stereocenters. The van der Waals surface area contributed by atoms with Gasteiger partial charge in [0.05, 0.1) is 4.90 Å². The van der Waals surface area contributed by atoms with Crippen LogP contribution >= 0.6 is 0 Å². The average molecular weight is 417 g/mol. The first-order valence-corrected chi connectivity index (χ1v) is 9.30. The predicted octanol–water partition coefficient (Wildman–Crippen LogP) is 1.69. The number of halogens is 3. The number of hydrogen-bond acceptors (Lipinski definition) is 7. The normalized spacial score (nSPS) is 12.3. The number of rotatable bonds is 7. The van der Waals surface area contributed by atoms with Crippen molar-refractivity contribution in [2.45, 2.75) is 18.2 Å². The van der Waals surface area contributed by atoms with E-state index in [2.05, 4.69) is 24.8 Å². The fourth-order valence-electron chi connectivity index (χ4n) is 2.19. The van der Waals surface area contributed by atoms with Crippen molar-refractivity contribution >= 4 is 15.7 Å². The van der Waals surface area contributed by atoms with Gasteiger partial charge in [0.25, 0.3) is 0 Å². The minimum Gasteiger partial charge on any atom is -0.475 e. The zero-order chi connectivity index (χ0) is 20.4. The van der Waals surface area contributed by atoms with Crippen LogP contribution in [0.3, 0.4) is 0 Å². The van der Waals surface area contributed by atoms with Gasteiger partial charge in [-0.3, -0.25) is 0 Å². The predicted molar refractivity (Wildman–Crippen MR) is 89.3 cm³/mol. The van der Waals surface area contributed by atoms with Crippen LogP contribution in [-0.2, 0) is 10.0 Å². The SMILES string of the molecule is Cc1nnc2ccc(OCCNS(=O)(=O)c3ccc(OC(F)(F)F)cc3)nn12. The molecule has 2 heterocycles. The van der Waals surface area contributed by atoms with E-state index in [1.807, 2.05) is 0 Å². The van der Waals surface area contributed by atoms with Crippen molar-refractivity contribution in [1.82, 2.24) is 24.5 Å². The van der Waals surface area contributed by atoms with Gasteiger partial charge in [-0.15, -0.1) is 28.5 Å². The highest BCUT2D eigenvalue weighted by Gasteiger charge is 2.31. The minimum atomic E-state index is -4.85. The summed E-state index contributed by atoms with van der Waals surface area (Å²) in [5.74, 6) is 0.308. The summed E-state index contributed by atoms with van der Waals surface area (Å²) < 4.78 is 73.5. The maximum Gasteiger partial charge on any atom is 0.573 e. The molecule has 0 unspecified atom stereocenters. The number of aryl methyl sites for hydroxylation is 1. The highest BCUT2D eigenvalue weighted by atomic mass is 32.2. The van der Waals surface area contributed by atoms with Gasteiger partial charge in [-0.05, 0) is 37.3 Å². The third kappa shape index (κ3) is 4.86. The Morgan fingerprint density at radius 1 is 1.11 bits per heavy atom. The molecule has 1 aromatic carbocycles. The highest BCUT2D eigenvalue weighted by Crippen LogP contribution is 2.23. The lowest BCUT2D eigenvalue weighted by atomic mass is 10.3. The Balaban J connectivity index is 1.55. The smallest absolute Gasteiger partial charge is 0.475 e. The first-order valence-electron chi connectivity index (χ1n) is 7.81. The first kappa shape index (κ1) is 19.8. The van der Waals surface area contributed by atoms with E-state index in [1.54, 1.807) is 19.1 Å². The number of ether oxygens (including phenoxy) is 2. The summed E-state index contributed by atoms with van der Waals surface area (Å²) in [6, 6.07) is 7.07. The quantitative estimate of drug-likeness (QED) is 0.583. The number of hydrogen-bond donors (Lipinski definition) is 1. The van der Waals surface area contributed by atoms with Crippen LogP contribution < -0.4 is 14.2 Å². The van der Waals surface area contributed by atoms with Crippen molar-refractivity contribution in [3.05, 3.63) is 42.2 Å². The largest absolute Gasteiger partial charge is 0.573 e. The second kappa shape index (κ2) is 7.59. The van der Waals surface area contributed by atoms with Crippen molar-refractivity contribution in [2.75, 3.05) is 13.2 Å². The Labute approximate surface area is 157 Å². The lowest BCUT2D eigenvalue weighted by Crippen LogP contribution is -2.28. The summed E-state index contributed by atoms with van der Waals surface area (Å²) in [5.41, 5.74) is 0.545. The van der Waals surface area contributed by atoms with E-state index in [9.17, 15) is 21.6 Å². The first-order chi connectivity index (χ1) is 13.1. The molecule has 3 rings (SSSR count). The number of nitrogens with one attached hydrogen (secondary N) is 1. The Morgan fingerprint density at radius 3 is 2.50 bits per heavy atom. The molecular weight excluding hydrogens is 403 g/mol. The molecule has 0 saturated heterocycles. The van der Waals surface area contributed by atoms with E-state index in [4.69, 9.17) is 4.74 Å². The molecule has 0 aliphatic carbocycles. The van der Waals surface area contributed by atoms with Crippen molar-refractivity contribution in [3.8, 4) is 11.6 Å². The minimum absolute atomic E-state index is 0.0197. The maximum atomic E-state index is 12.2. The van der Waals surface area contributed by atoms with E-state index < -0.39 is 22.1 Å². The molecule has 2 aromatic heterocycles. The summed E-state index contributed by atoms with van der Waals surface area (Å²) in [6.07, 6.45) is -4.85. The van der Waals surface area contributed by atoms with Crippen LogP contribution in [0.25, 0.3) is 5.65 Å². The molecule has 0 aliphatic rings. The van der Waals surface area contributed by atoms with E-state index in [1.165, 1.54) is 4.52 Å². The molecule has 0 bridgehead atoms. The lowest BCUT2D eigenvalue weighted by molar-refractivity contribution is -0.274. The Kier molecular flexibility index (Phi) is 5.38. The topological polar surface area (TPSA) is 108 Å². The van der Waals surface area contributed by atoms with Crippen LogP contribution in [-0.4, -0.2) is 47.7 Å². The summed E-state index contributed by atoms with van der Waals surface area (Å²) >= 11 is 0. The molecule has 28 heavy (non-hydrogen) atoms.